The summed E-state index contributed by atoms with van der Waals surface area (Å²) in [7, 11) is 1.82. The number of fused-ring (bicyclic) bond motifs is 1. The molecule has 0 radical (unpaired) electrons. The Balaban J connectivity index is 2.31. The fourth-order valence-corrected chi connectivity index (χ4v) is 2.36. The molecule has 1 heterocycles. The quantitative estimate of drug-likeness (QED) is 0.842. The summed E-state index contributed by atoms with van der Waals surface area (Å²) in [5.74, 6) is 0.431. The Morgan fingerprint density at radius 3 is 2.78 bits per heavy atom. The minimum atomic E-state index is -0.0387. The summed E-state index contributed by atoms with van der Waals surface area (Å²) in [5, 5.41) is 0. The first-order valence-electron chi connectivity index (χ1n) is 6.39. The molecule has 4 N–H and O–H groups in total. The normalized spacial score (nSPS) is 18.4. The molecular formula is C14H21N3O. The molecule has 2 rings (SSSR count). The van der Waals surface area contributed by atoms with Crippen molar-refractivity contribution in [2.45, 2.75) is 25.8 Å². The average Bonchev–Trinajstić information content (AvgIpc) is 2.41. The Labute approximate surface area is 108 Å². The van der Waals surface area contributed by atoms with Crippen molar-refractivity contribution in [1.82, 2.24) is 0 Å². The summed E-state index contributed by atoms with van der Waals surface area (Å²) in [5.41, 5.74) is 15.2. The molecule has 98 valence electrons. The Morgan fingerprint density at radius 2 is 2.11 bits per heavy atom. The van der Waals surface area contributed by atoms with Gasteiger partial charge in [-0.15, -0.1) is 0 Å². The van der Waals surface area contributed by atoms with E-state index in [1.165, 1.54) is 5.56 Å². The van der Waals surface area contributed by atoms with E-state index < -0.39 is 0 Å². The van der Waals surface area contributed by atoms with Gasteiger partial charge in [-0.1, -0.05) is 19.1 Å². The molecule has 2 unspecified atom stereocenters. The molecule has 1 aliphatic heterocycles. The van der Waals surface area contributed by atoms with Gasteiger partial charge in [-0.3, -0.25) is 4.79 Å². The van der Waals surface area contributed by atoms with Crippen molar-refractivity contribution in [1.29, 1.82) is 0 Å². The summed E-state index contributed by atoms with van der Waals surface area (Å²) in [6.45, 7) is 2.64. The third-order valence-corrected chi connectivity index (χ3v) is 3.82. The van der Waals surface area contributed by atoms with E-state index in [0.717, 1.165) is 17.7 Å². The van der Waals surface area contributed by atoms with Gasteiger partial charge in [0.1, 0.15) is 0 Å². The van der Waals surface area contributed by atoms with Gasteiger partial charge in [0.05, 0.1) is 0 Å². The van der Waals surface area contributed by atoms with Crippen LogP contribution in [-0.4, -0.2) is 19.5 Å². The van der Waals surface area contributed by atoms with Crippen LogP contribution in [0.3, 0.4) is 0 Å². The van der Waals surface area contributed by atoms with Crippen LogP contribution in [0.25, 0.3) is 0 Å². The lowest BCUT2D eigenvalue weighted by Gasteiger charge is -2.27. The fourth-order valence-electron chi connectivity index (χ4n) is 2.36. The molecule has 4 nitrogen and oxygen atoms in total. The summed E-state index contributed by atoms with van der Waals surface area (Å²) < 4.78 is 0. The maximum atomic E-state index is 11.6. The van der Waals surface area contributed by atoms with E-state index in [-0.39, 0.29) is 17.9 Å². The second-order valence-electron chi connectivity index (χ2n) is 5.08. The Hall–Kier alpha value is -1.39. The number of nitrogens with zero attached hydrogens (tertiary/aromatic N) is 1. The van der Waals surface area contributed by atoms with Crippen molar-refractivity contribution in [2.24, 2.45) is 17.4 Å². The van der Waals surface area contributed by atoms with E-state index in [4.69, 9.17) is 11.5 Å². The molecule has 0 saturated carbocycles. The first kappa shape index (κ1) is 13.1. The molecular weight excluding hydrogens is 226 g/mol. The molecule has 1 aromatic carbocycles. The first-order valence-corrected chi connectivity index (χ1v) is 6.39. The van der Waals surface area contributed by atoms with Gasteiger partial charge < -0.3 is 16.4 Å². The van der Waals surface area contributed by atoms with Crippen LogP contribution in [-0.2, 0) is 11.2 Å². The predicted molar refractivity (Wildman–Crippen MR) is 73.3 cm³/mol. The molecule has 1 aliphatic rings. The molecule has 2 atom stereocenters. The summed E-state index contributed by atoms with van der Waals surface area (Å²) >= 11 is 0. The standard InChI is InChI=1S/C14H21N3O/c1-9(8-15)14(16)11-3-5-12-10(7-11)4-6-13(18)17(12)2/h3,5,7,9,14H,4,6,8,15-16H2,1-2H3. The molecule has 0 saturated heterocycles. The summed E-state index contributed by atoms with van der Waals surface area (Å²) in [6.07, 6.45) is 1.38. The van der Waals surface area contributed by atoms with Crippen LogP contribution < -0.4 is 16.4 Å². The van der Waals surface area contributed by atoms with E-state index >= 15 is 0 Å². The van der Waals surface area contributed by atoms with Gasteiger partial charge >= 0.3 is 0 Å². The zero-order valence-electron chi connectivity index (χ0n) is 11.0. The molecule has 1 aromatic rings. The molecule has 4 heteroatoms. The van der Waals surface area contributed by atoms with Crippen LogP contribution in [0, 0.1) is 5.92 Å². The monoisotopic (exact) mass is 247 g/mol. The van der Waals surface area contributed by atoms with E-state index in [1.54, 1.807) is 4.90 Å². The molecule has 0 spiro atoms. The third-order valence-electron chi connectivity index (χ3n) is 3.82. The number of aryl methyl sites for hydroxylation is 1. The lowest BCUT2D eigenvalue weighted by Crippen LogP contribution is -2.31. The van der Waals surface area contributed by atoms with Gasteiger partial charge in [-0.25, -0.2) is 0 Å². The van der Waals surface area contributed by atoms with Crippen LogP contribution in [0.4, 0.5) is 5.69 Å². The number of carbonyl (C=O) groups is 1. The third kappa shape index (κ3) is 2.26. The zero-order valence-corrected chi connectivity index (χ0v) is 11.0. The van der Waals surface area contributed by atoms with Crippen LogP contribution in [0.15, 0.2) is 18.2 Å². The topological polar surface area (TPSA) is 72.3 Å². The van der Waals surface area contributed by atoms with Gasteiger partial charge in [0, 0.05) is 25.2 Å². The SMILES string of the molecule is CC(CN)C(N)c1ccc2c(c1)CCC(=O)N2C. The number of amides is 1. The van der Waals surface area contributed by atoms with Crippen LogP contribution in [0.2, 0.25) is 0 Å². The van der Waals surface area contributed by atoms with E-state index in [0.29, 0.717) is 13.0 Å². The first-order chi connectivity index (χ1) is 8.54. The smallest absolute Gasteiger partial charge is 0.227 e. The van der Waals surface area contributed by atoms with Crippen molar-refractivity contribution in [3.05, 3.63) is 29.3 Å². The maximum absolute atomic E-state index is 11.6. The predicted octanol–water partition coefficient (Wildman–Crippen LogP) is 1.19. The van der Waals surface area contributed by atoms with Crippen LogP contribution in [0.1, 0.15) is 30.5 Å². The van der Waals surface area contributed by atoms with Crippen LogP contribution in [0.5, 0.6) is 0 Å². The minimum absolute atomic E-state index is 0.0387. The number of hydrogen-bond donors (Lipinski definition) is 2. The average molecular weight is 247 g/mol. The second-order valence-corrected chi connectivity index (χ2v) is 5.08. The van der Waals surface area contributed by atoms with Crippen molar-refractivity contribution in [3.63, 3.8) is 0 Å². The summed E-state index contributed by atoms with van der Waals surface area (Å²) in [4.78, 5) is 13.3. The highest BCUT2D eigenvalue weighted by Gasteiger charge is 2.22. The minimum Gasteiger partial charge on any atom is -0.330 e. The Bertz CT molecular complexity index is 458. The number of hydrogen-bond acceptors (Lipinski definition) is 3. The van der Waals surface area contributed by atoms with E-state index in [1.807, 2.05) is 19.2 Å². The number of carbonyl (C=O) groups excluding carboxylic acids is 1. The van der Waals surface area contributed by atoms with Crippen LogP contribution >= 0.6 is 0 Å². The molecule has 0 aliphatic carbocycles. The molecule has 0 bridgehead atoms. The van der Waals surface area contributed by atoms with Gasteiger partial charge in [-0.2, -0.15) is 0 Å². The number of anilines is 1. The van der Waals surface area contributed by atoms with Gasteiger partial charge in [-0.05, 0) is 36.1 Å². The van der Waals surface area contributed by atoms with Gasteiger partial charge in [0.2, 0.25) is 5.91 Å². The molecule has 0 fully saturated rings. The highest BCUT2D eigenvalue weighted by atomic mass is 16.2. The van der Waals surface area contributed by atoms with Crippen molar-refractivity contribution >= 4 is 11.6 Å². The van der Waals surface area contributed by atoms with Gasteiger partial charge in [0.25, 0.3) is 0 Å². The number of rotatable bonds is 3. The second kappa shape index (κ2) is 5.08. The number of nitrogens with two attached hydrogens (primary N) is 2. The van der Waals surface area contributed by atoms with Gasteiger partial charge in [0.15, 0.2) is 0 Å². The largest absolute Gasteiger partial charge is 0.330 e. The summed E-state index contributed by atoms with van der Waals surface area (Å²) in [6, 6.07) is 6.08. The Kier molecular flexibility index (Phi) is 3.68. The van der Waals surface area contributed by atoms with E-state index in [9.17, 15) is 4.79 Å². The van der Waals surface area contributed by atoms with E-state index in [2.05, 4.69) is 13.0 Å². The Morgan fingerprint density at radius 1 is 1.39 bits per heavy atom. The highest BCUT2D eigenvalue weighted by molar-refractivity contribution is 5.95. The van der Waals surface area contributed by atoms with Crippen molar-refractivity contribution < 1.29 is 4.79 Å². The zero-order chi connectivity index (χ0) is 13.3. The van der Waals surface area contributed by atoms with Crippen molar-refractivity contribution in [2.75, 3.05) is 18.5 Å². The van der Waals surface area contributed by atoms with Crippen molar-refractivity contribution in [3.8, 4) is 0 Å². The lowest BCUT2D eigenvalue weighted by atomic mass is 9.91. The number of benzene rings is 1. The molecule has 0 aromatic heterocycles. The molecule has 1 amide bonds. The lowest BCUT2D eigenvalue weighted by molar-refractivity contribution is -0.118. The maximum Gasteiger partial charge on any atom is 0.227 e. The molecule has 18 heavy (non-hydrogen) atoms. The fraction of sp³-hybridized carbons (Fsp3) is 0.500. The highest BCUT2D eigenvalue weighted by Crippen LogP contribution is 2.30.